The highest BCUT2D eigenvalue weighted by Crippen LogP contribution is 2.25. The number of hydrogen-bond acceptors (Lipinski definition) is 5. The fourth-order valence-corrected chi connectivity index (χ4v) is 4.72. The molecule has 0 aromatic heterocycles. The molecule has 3 aromatic rings. The molecule has 7 heteroatoms. The van der Waals surface area contributed by atoms with Gasteiger partial charge in [0.15, 0.2) is 0 Å². The topological polar surface area (TPSA) is 72.9 Å². The lowest BCUT2D eigenvalue weighted by molar-refractivity contribution is 0.0734. The van der Waals surface area contributed by atoms with Crippen molar-refractivity contribution >= 4 is 16.0 Å². The van der Waals surface area contributed by atoms with Crippen LogP contribution in [0.15, 0.2) is 83.8 Å². The Morgan fingerprint density at radius 2 is 1.30 bits per heavy atom. The summed E-state index contributed by atoms with van der Waals surface area (Å²) in [5.41, 5.74) is 0.278. The number of esters is 1. The average molecular weight is 423 g/mol. The van der Waals surface area contributed by atoms with Crippen LogP contribution in [0.1, 0.15) is 23.2 Å². The summed E-state index contributed by atoms with van der Waals surface area (Å²) in [7, 11) is -3.50. The van der Waals surface area contributed by atoms with Gasteiger partial charge in [-0.3, -0.25) is 0 Å². The Labute approximate surface area is 175 Å². The highest BCUT2D eigenvalue weighted by molar-refractivity contribution is 7.89. The Bertz CT molecular complexity index is 1100. The molecule has 1 saturated heterocycles. The summed E-state index contributed by atoms with van der Waals surface area (Å²) in [5.74, 6) is 1.15. The van der Waals surface area contributed by atoms with Crippen LogP contribution < -0.4 is 9.47 Å². The van der Waals surface area contributed by atoms with Gasteiger partial charge in [-0.25, -0.2) is 13.2 Å². The van der Waals surface area contributed by atoms with E-state index in [1.165, 1.54) is 28.6 Å². The molecule has 154 valence electrons. The van der Waals surface area contributed by atoms with Crippen molar-refractivity contribution < 1.29 is 22.7 Å². The van der Waals surface area contributed by atoms with Crippen molar-refractivity contribution in [2.45, 2.75) is 17.7 Å². The van der Waals surface area contributed by atoms with Gasteiger partial charge in [-0.15, -0.1) is 0 Å². The monoisotopic (exact) mass is 423 g/mol. The van der Waals surface area contributed by atoms with Crippen LogP contribution >= 0.6 is 0 Å². The summed E-state index contributed by atoms with van der Waals surface area (Å²) < 4.78 is 37.7. The van der Waals surface area contributed by atoms with Crippen LogP contribution in [0.2, 0.25) is 0 Å². The highest BCUT2D eigenvalue weighted by atomic mass is 32.2. The van der Waals surface area contributed by atoms with Gasteiger partial charge in [0.25, 0.3) is 0 Å². The van der Waals surface area contributed by atoms with Crippen molar-refractivity contribution in [3.8, 4) is 17.2 Å². The van der Waals surface area contributed by atoms with Crippen molar-refractivity contribution in [2.75, 3.05) is 13.1 Å². The maximum absolute atomic E-state index is 12.6. The number of carbonyl (C=O) groups excluding carboxylic acids is 1. The SMILES string of the molecule is O=C(Oc1ccc(Oc2ccccc2)cc1)c1ccc(S(=O)(=O)N2CCCC2)cc1. The van der Waals surface area contributed by atoms with Gasteiger partial charge < -0.3 is 9.47 Å². The van der Waals surface area contributed by atoms with E-state index in [1.54, 1.807) is 24.3 Å². The average Bonchev–Trinajstić information content (AvgIpc) is 3.32. The molecule has 1 heterocycles. The number of ether oxygens (including phenoxy) is 2. The molecule has 0 spiro atoms. The Hall–Kier alpha value is -3.16. The molecule has 0 saturated carbocycles. The molecule has 0 amide bonds. The molecule has 0 bridgehead atoms. The molecule has 30 heavy (non-hydrogen) atoms. The van der Waals surface area contributed by atoms with Crippen molar-refractivity contribution in [1.82, 2.24) is 4.31 Å². The van der Waals surface area contributed by atoms with E-state index in [1.807, 2.05) is 30.3 Å². The Kier molecular flexibility index (Phi) is 5.83. The molecule has 1 fully saturated rings. The first-order valence-electron chi connectivity index (χ1n) is 9.68. The second-order valence-electron chi connectivity index (χ2n) is 6.91. The maximum atomic E-state index is 12.6. The molecular formula is C23H21NO5S. The van der Waals surface area contributed by atoms with E-state index in [0.29, 0.717) is 30.3 Å². The van der Waals surface area contributed by atoms with Crippen LogP contribution in [0.5, 0.6) is 17.2 Å². The van der Waals surface area contributed by atoms with Crippen LogP contribution in [-0.4, -0.2) is 31.8 Å². The molecule has 0 N–H and O–H groups in total. The first-order chi connectivity index (χ1) is 14.5. The van der Waals surface area contributed by atoms with Gasteiger partial charge in [-0.05, 0) is 73.5 Å². The van der Waals surface area contributed by atoms with Gasteiger partial charge >= 0.3 is 5.97 Å². The third-order valence-corrected chi connectivity index (χ3v) is 6.72. The summed E-state index contributed by atoms with van der Waals surface area (Å²) >= 11 is 0. The molecule has 0 atom stereocenters. The number of benzene rings is 3. The fourth-order valence-electron chi connectivity index (χ4n) is 3.21. The van der Waals surface area contributed by atoms with Gasteiger partial charge in [0.05, 0.1) is 10.5 Å². The summed E-state index contributed by atoms with van der Waals surface area (Å²) in [4.78, 5) is 12.6. The third kappa shape index (κ3) is 4.53. The number of rotatable bonds is 6. The summed E-state index contributed by atoms with van der Waals surface area (Å²) in [5, 5.41) is 0. The minimum Gasteiger partial charge on any atom is -0.457 e. The Morgan fingerprint density at radius 3 is 1.93 bits per heavy atom. The van der Waals surface area contributed by atoms with E-state index < -0.39 is 16.0 Å². The lowest BCUT2D eigenvalue weighted by Crippen LogP contribution is -2.27. The predicted octanol–water partition coefficient (Wildman–Crippen LogP) is 4.48. The number of hydrogen-bond donors (Lipinski definition) is 0. The van der Waals surface area contributed by atoms with Gasteiger partial charge in [-0.2, -0.15) is 4.31 Å². The van der Waals surface area contributed by atoms with Crippen LogP contribution in [0.25, 0.3) is 0 Å². The number of para-hydroxylation sites is 1. The van der Waals surface area contributed by atoms with E-state index in [2.05, 4.69) is 0 Å². The lowest BCUT2D eigenvalue weighted by atomic mass is 10.2. The van der Waals surface area contributed by atoms with Gasteiger partial charge in [0, 0.05) is 13.1 Å². The molecule has 6 nitrogen and oxygen atoms in total. The highest BCUT2D eigenvalue weighted by Gasteiger charge is 2.27. The minimum atomic E-state index is -3.50. The third-order valence-electron chi connectivity index (χ3n) is 4.81. The lowest BCUT2D eigenvalue weighted by Gasteiger charge is -2.15. The fraction of sp³-hybridized carbons (Fsp3) is 0.174. The Morgan fingerprint density at radius 1 is 0.733 bits per heavy atom. The van der Waals surface area contributed by atoms with E-state index in [-0.39, 0.29) is 10.5 Å². The van der Waals surface area contributed by atoms with E-state index in [4.69, 9.17) is 9.47 Å². The largest absolute Gasteiger partial charge is 0.457 e. The first-order valence-corrected chi connectivity index (χ1v) is 11.1. The van der Waals surface area contributed by atoms with Crippen LogP contribution in [0.4, 0.5) is 0 Å². The van der Waals surface area contributed by atoms with Gasteiger partial charge in [0.1, 0.15) is 17.2 Å². The molecule has 3 aromatic carbocycles. The second-order valence-corrected chi connectivity index (χ2v) is 8.85. The quantitative estimate of drug-likeness (QED) is 0.432. The zero-order valence-electron chi connectivity index (χ0n) is 16.2. The van der Waals surface area contributed by atoms with Crippen molar-refractivity contribution in [2.24, 2.45) is 0 Å². The first kappa shape index (κ1) is 20.1. The molecular weight excluding hydrogens is 402 g/mol. The van der Waals surface area contributed by atoms with E-state index >= 15 is 0 Å². The zero-order valence-corrected chi connectivity index (χ0v) is 17.0. The molecule has 0 aliphatic carbocycles. The minimum absolute atomic E-state index is 0.184. The summed E-state index contributed by atoms with van der Waals surface area (Å²) in [6.07, 6.45) is 1.75. The van der Waals surface area contributed by atoms with Gasteiger partial charge in [-0.1, -0.05) is 18.2 Å². The van der Waals surface area contributed by atoms with Gasteiger partial charge in [0.2, 0.25) is 10.0 Å². The van der Waals surface area contributed by atoms with E-state index in [9.17, 15) is 13.2 Å². The van der Waals surface area contributed by atoms with Crippen LogP contribution in [-0.2, 0) is 10.0 Å². The Balaban J connectivity index is 1.40. The number of nitrogens with zero attached hydrogens (tertiary/aromatic N) is 1. The molecule has 4 rings (SSSR count). The van der Waals surface area contributed by atoms with Crippen LogP contribution in [0.3, 0.4) is 0 Å². The summed E-state index contributed by atoms with van der Waals surface area (Å²) in [6, 6.07) is 21.9. The molecule has 1 aliphatic heterocycles. The maximum Gasteiger partial charge on any atom is 0.343 e. The van der Waals surface area contributed by atoms with Crippen molar-refractivity contribution in [3.63, 3.8) is 0 Å². The molecule has 0 unspecified atom stereocenters. The molecule has 0 radical (unpaired) electrons. The smallest absolute Gasteiger partial charge is 0.343 e. The normalized spacial score (nSPS) is 14.4. The standard InChI is InChI=1S/C23H21NO5S/c25-23(18-8-14-22(15-9-18)30(26,27)24-16-4-5-17-24)29-21-12-10-20(11-13-21)28-19-6-2-1-3-7-19/h1-3,6-15H,4-5,16-17H2. The number of sulfonamides is 1. The number of carbonyl (C=O) groups is 1. The second kappa shape index (κ2) is 8.69. The predicted molar refractivity (Wildman–Crippen MR) is 112 cm³/mol. The summed E-state index contributed by atoms with van der Waals surface area (Å²) in [6.45, 7) is 1.08. The molecule has 1 aliphatic rings. The van der Waals surface area contributed by atoms with Crippen molar-refractivity contribution in [1.29, 1.82) is 0 Å². The van der Waals surface area contributed by atoms with Crippen LogP contribution in [0, 0.1) is 0 Å². The zero-order chi connectivity index (χ0) is 21.0. The van der Waals surface area contributed by atoms with E-state index in [0.717, 1.165) is 12.8 Å². The van der Waals surface area contributed by atoms with Crippen molar-refractivity contribution in [3.05, 3.63) is 84.4 Å².